The van der Waals surface area contributed by atoms with Crippen LogP contribution in [0.4, 0.5) is 0 Å². The van der Waals surface area contributed by atoms with E-state index in [1.807, 2.05) is 31.2 Å². The van der Waals surface area contributed by atoms with Gasteiger partial charge in [-0.1, -0.05) is 64.0 Å². The fraction of sp³-hybridized carbons (Fsp3) is 0.222. The van der Waals surface area contributed by atoms with Crippen LogP contribution in [0.25, 0.3) is 0 Å². The Morgan fingerprint density at radius 1 is 1.23 bits per heavy atom. The van der Waals surface area contributed by atoms with Gasteiger partial charge in [-0.2, -0.15) is 0 Å². The van der Waals surface area contributed by atoms with Gasteiger partial charge in [-0.3, -0.25) is 4.79 Å². The van der Waals surface area contributed by atoms with Crippen molar-refractivity contribution in [1.29, 1.82) is 0 Å². The number of ether oxygens (including phenoxy) is 1. The first-order valence-electron chi connectivity index (χ1n) is 7.04. The third kappa shape index (κ3) is 2.48. The summed E-state index contributed by atoms with van der Waals surface area (Å²) in [7, 11) is 0. The second kappa shape index (κ2) is 5.69. The lowest BCUT2D eigenvalue weighted by atomic mass is 9.84. The SMILES string of the molecule is Cc1ccc2c(c1)C(=O)O[C@](CBr)(C(=O)c1ccccc1)C2. The molecule has 0 aliphatic carbocycles. The number of Topliss-reactive ketones (excluding diaryl/α,β-unsaturated/α-hetero) is 1. The van der Waals surface area contributed by atoms with Crippen LogP contribution in [0.15, 0.2) is 48.5 Å². The van der Waals surface area contributed by atoms with E-state index in [0.29, 0.717) is 17.5 Å². The van der Waals surface area contributed by atoms with Crippen LogP contribution >= 0.6 is 15.9 Å². The van der Waals surface area contributed by atoms with E-state index in [2.05, 4.69) is 15.9 Å². The van der Waals surface area contributed by atoms with Crippen LogP contribution in [-0.4, -0.2) is 22.7 Å². The number of esters is 1. The molecule has 0 amide bonds. The topological polar surface area (TPSA) is 43.4 Å². The highest BCUT2D eigenvalue weighted by molar-refractivity contribution is 9.09. The standard InChI is InChI=1S/C18H15BrO3/c1-12-7-8-14-10-18(11-19,22-17(21)15(14)9-12)16(20)13-5-3-2-4-6-13/h2-9H,10-11H2,1H3/t18-/m1/s1. The predicted octanol–water partition coefficient (Wildman–Crippen LogP) is 3.72. The lowest BCUT2D eigenvalue weighted by molar-refractivity contribution is -0.00521. The van der Waals surface area contributed by atoms with Crippen molar-refractivity contribution >= 4 is 27.7 Å². The van der Waals surface area contributed by atoms with Crippen LogP contribution in [0, 0.1) is 6.92 Å². The van der Waals surface area contributed by atoms with Gasteiger partial charge in [0.15, 0.2) is 5.60 Å². The number of rotatable bonds is 3. The first-order chi connectivity index (χ1) is 10.6. The first kappa shape index (κ1) is 15.0. The number of ketones is 1. The average Bonchev–Trinajstić information content (AvgIpc) is 2.55. The minimum Gasteiger partial charge on any atom is -0.446 e. The largest absolute Gasteiger partial charge is 0.446 e. The molecule has 0 unspecified atom stereocenters. The third-order valence-corrected chi connectivity index (χ3v) is 4.82. The summed E-state index contributed by atoms with van der Waals surface area (Å²) in [5.74, 6) is -0.613. The Kier molecular flexibility index (Phi) is 3.87. The van der Waals surface area contributed by atoms with E-state index >= 15 is 0 Å². The maximum absolute atomic E-state index is 12.9. The summed E-state index contributed by atoms with van der Waals surface area (Å²) in [5.41, 5.74) is 1.77. The van der Waals surface area contributed by atoms with Crippen LogP contribution in [-0.2, 0) is 11.2 Å². The number of hydrogen-bond donors (Lipinski definition) is 0. The molecule has 22 heavy (non-hydrogen) atoms. The number of hydrogen-bond acceptors (Lipinski definition) is 3. The van der Waals surface area contributed by atoms with E-state index < -0.39 is 11.6 Å². The van der Waals surface area contributed by atoms with Crippen LogP contribution in [0.5, 0.6) is 0 Å². The number of alkyl halides is 1. The van der Waals surface area contributed by atoms with Gasteiger partial charge in [-0.15, -0.1) is 0 Å². The smallest absolute Gasteiger partial charge is 0.339 e. The minimum absolute atomic E-state index is 0.176. The normalized spacial score (nSPS) is 20.2. The van der Waals surface area contributed by atoms with Gasteiger partial charge in [0.1, 0.15) is 0 Å². The molecule has 0 fully saturated rings. The summed E-state index contributed by atoms with van der Waals surface area (Å²) in [6.07, 6.45) is 0.382. The lowest BCUT2D eigenvalue weighted by Gasteiger charge is -2.35. The number of fused-ring (bicyclic) bond motifs is 1. The molecule has 2 aromatic rings. The van der Waals surface area contributed by atoms with Crippen molar-refractivity contribution in [1.82, 2.24) is 0 Å². The van der Waals surface area contributed by atoms with Gasteiger partial charge >= 0.3 is 5.97 Å². The number of benzene rings is 2. The second-order valence-corrected chi connectivity index (χ2v) is 6.11. The Morgan fingerprint density at radius 2 is 1.95 bits per heavy atom. The maximum atomic E-state index is 12.9. The molecule has 0 saturated heterocycles. The molecule has 0 spiro atoms. The zero-order valence-electron chi connectivity index (χ0n) is 12.1. The highest BCUT2D eigenvalue weighted by Crippen LogP contribution is 2.33. The molecule has 0 N–H and O–H groups in total. The zero-order chi connectivity index (χ0) is 15.7. The fourth-order valence-electron chi connectivity index (χ4n) is 2.73. The Morgan fingerprint density at radius 3 is 2.64 bits per heavy atom. The Hall–Kier alpha value is -1.94. The van der Waals surface area contributed by atoms with E-state index in [1.54, 1.807) is 24.3 Å². The number of halogens is 1. The minimum atomic E-state index is -1.18. The fourth-order valence-corrected chi connectivity index (χ4v) is 3.29. The molecule has 3 rings (SSSR count). The molecule has 2 aromatic carbocycles. The number of aryl methyl sites for hydroxylation is 1. The van der Waals surface area contributed by atoms with E-state index in [9.17, 15) is 9.59 Å². The summed E-state index contributed by atoms with van der Waals surface area (Å²) < 4.78 is 5.59. The summed E-state index contributed by atoms with van der Waals surface area (Å²) in [4.78, 5) is 25.2. The second-order valence-electron chi connectivity index (χ2n) is 5.55. The molecule has 1 atom stereocenters. The van der Waals surface area contributed by atoms with Gasteiger partial charge in [0.2, 0.25) is 5.78 Å². The average molecular weight is 359 g/mol. The van der Waals surface area contributed by atoms with E-state index in [-0.39, 0.29) is 11.1 Å². The summed E-state index contributed by atoms with van der Waals surface area (Å²) in [5, 5.41) is 0.271. The van der Waals surface area contributed by atoms with Crippen molar-refractivity contribution in [2.24, 2.45) is 0 Å². The first-order valence-corrected chi connectivity index (χ1v) is 8.16. The molecule has 0 radical (unpaired) electrons. The van der Waals surface area contributed by atoms with Crippen molar-refractivity contribution in [3.05, 3.63) is 70.8 Å². The molecular formula is C18H15BrO3. The molecule has 1 aliphatic rings. The Balaban J connectivity index is 2.04. The summed E-state index contributed by atoms with van der Waals surface area (Å²) in [6.45, 7) is 1.93. The number of carbonyl (C=O) groups is 2. The molecule has 0 aromatic heterocycles. The molecule has 0 saturated carbocycles. The van der Waals surface area contributed by atoms with E-state index in [0.717, 1.165) is 11.1 Å². The molecule has 4 heteroatoms. The third-order valence-electron chi connectivity index (χ3n) is 3.92. The molecule has 112 valence electrons. The van der Waals surface area contributed by atoms with Gasteiger partial charge in [0.25, 0.3) is 0 Å². The molecule has 0 bridgehead atoms. The van der Waals surface area contributed by atoms with Crippen molar-refractivity contribution in [3.8, 4) is 0 Å². The van der Waals surface area contributed by atoms with Crippen molar-refractivity contribution in [2.45, 2.75) is 18.9 Å². The quantitative estimate of drug-likeness (QED) is 0.477. The Bertz CT molecular complexity index is 739. The molecule has 1 aliphatic heterocycles. The van der Waals surface area contributed by atoms with Gasteiger partial charge in [0, 0.05) is 12.0 Å². The van der Waals surface area contributed by atoms with E-state index in [4.69, 9.17) is 4.74 Å². The monoisotopic (exact) mass is 358 g/mol. The van der Waals surface area contributed by atoms with E-state index in [1.165, 1.54) is 0 Å². The zero-order valence-corrected chi connectivity index (χ0v) is 13.7. The molecule has 1 heterocycles. The molecule has 3 nitrogen and oxygen atoms in total. The van der Waals surface area contributed by atoms with Crippen molar-refractivity contribution < 1.29 is 14.3 Å². The Labute approximate surface area is 137 Å². The van der Waals surface area contributed by atoms with Gasteiger partial charge in [-0.05, 0) is 18.6 Å². The predicted molar refractivity (Wildman–Crippen MR) is 87.6 cm³/mol. The van der Waals surface area contributed by atoms with Crippen molar-refractivity contribution in [3.63, 3.8) is 0 Å². The summed E-state index contributed by atoms with van der Waals surface area (Å²) >= 11 is 3.36. The van der Waals surface area contributed by atoms with Crippen molar-refractivity contribution in [2.75, 3.05) is 5.33 Å². The van der Waals surface area contributed by atoms with Gasteiger partial charge in [-0.25, -0.2) is 4.79 Å². The highest BCUT2D eigenvalue weighted by atomic mass is 79.9. The molecular weight excluding hydrogens is 344 g/mol. The summed E-state index contributed by atoms with van der Waals surface area (Å²) in [6, 6.07) is 14.6. The van der Waals surface area contributed by atoms with Crippen LogP contribution in [0.3, 0.4) is 0 Å². The van der Waals surface area contributed by atoms with Gasteiger partial charge < -0.3 is 4.74 Å². The lowest BCUT2D eigenvalue weighted by Crippen LogP contribution is -2.50. The van der Waals surface area contributed by atoms with Crippen LogP contribution in [0.1, 0.15) is 31.8 Å². The van der Waals surface area contributed by atoms with Crippen LogP contribution in [0.2, 0.25) is 0 Å². The number of cyclic esters (lactones) is 1. The van der Waals surface area contributed by atoms with Crippen LogP contribution < -0.4 is 0 Å². The number of carbonyl (C=O) groups excluding carboxylic acids is 2. The van der Waals surface area contributed by atoms with Gasteiger partial charge in [0.05, 0.1) is 10.9 Å². The maximum Gasteiger partial charge on any atom is 0.339 e. The highest BCUT2D eigenvalue weighted by Gasteiger charge is 2.46.